The topological polar surface area (TPSA) is 0 Å². The highest BCUT2D eigenvalue weighted by molar-refractivity contribution is 5.26. The monoisotopic (exact) mass is 154 g/mol. The van der Waals surface area contributed by atoms with Gasteiger partial charge in [0.1, 0.15) is 0 Å². The van der Waals surface area contributed by atoms with Crippen LogP contribution in [0.25, 0.3) is 0 Å². The van der Waals surface area contributed by atoms with Crippen molar-refractivity contribution in [2.75, 3.05) is 0 Å². The zero-order valence-electron chi connectivity index (χ0n) is 12.8. The lowest BCUT2D eigenvalue weighted by atomic mass is 9.87. The highest BCUT2D eigenvalue weighted by Crippen LogP contribution is 2.21. The van der Waals surface area contributed by atoms with Gasteiger partial charge in [0.05, 0.1) is 0 Å². The van der Waals surface area contributed by atoms with Crippen molar-refractivity contribution in [2.45, 2.75) is 33.0 Å². The summed E-state index contributed by atoms with van der Waals surface area (Å²) in [7, 11) is 0. The van der Waals surface area contributed by atoms with Crippen molar-refractivity contribution in [1.82, 2.24) is 0 Å². The predicted octanol–water partition coefficient (Wildman–Crippen LogP) is 3.29. The maximum Gasteiger partial charge on any atom is 0.0239 e. The van der Waals surface area contributed by atoms with Crippen molar-refractivity contribution in [1.29, 1.82) is 0 Å². The predicted molar refractivity (Wildman–Crippen MR) is 49.9 cm³/mol. The summed E-state index contributed by atoms with van der Waals surface area (Å²) >= 11 is 0. The van der Waals surface area contributed by atoms with Gasteiger partial charge in [-0.2, -0.15) is 0 Å². The third-order valence-corrected chi connectivity index (χ3v) is 1.63. The summed E-state index contributed by atoms with van der Waals surface area (Å²) in [6.45, 7) is -2.01. The molecule has 0 unspecified atom stereocenters. The van der Waals surface area contributed by atoms with Gasteiger partial charge in [-0.1, -0.05) is 50.5 Å². The van der Waals surface area contributed by atoms with Crippen molar-refractivity contribution >= 4 is 0 Å². The molecule has 0 aromatic heterocycles. The first-order valence-corrected chi connectivity index (χ1v) is 3.57. The van der Waals surface area contributed by atoms with E-state index < -0.39 is 19.1 Å². The van der Waals surface area contributed by atoms with Gasteiger partial charge in [-0.05, 0) is 17.9 Å². The molecule has 11 heavy (non-hydrogen) atoms. The van der Waals surface area contributed by atoms with Crippen LogP contribution in [0, 0.1) is 6.92 Å². The fourth-order valence-electron chi connectivity index (χ4n) is 0.887. The SMILES string of the molecule is [2H]C([2H])([2H])C(C)(c1ccc(C)cc1)C([2H])([2H])[2H]. The van der Waals surface area contributed by atoms with Crippen molar-refractivity contribution < 1.29 is 8.22 Å². The molecule has 1 aromatic carbocycles. The van der Waals surface area contributed by atoms with Gasteiger partial charge in [0.25, 0.3) is 0 Å². The number of rotatable bonds is 0. The Morgan fingerprint density at radius 2 is 1.73 bits per heavy atom. The molecule has 0 heteroatoms. The molecular weight excluding hydrogens is 132 g/mol. The van der Waals surface area contributed by atoms with E-state index in [0.29, 0.717) is 5.56 Å². The molecule has 0 N–H and O–H groups in total. The van der Waals surface area contributed by atoms with Gasteiger partial charge < -0.3 is 0 Å². The van der Waals surface area contributed by atoms with Crippen LogP contribution in [0.2, 0.25) is 0 Å². The van der Waals surface area contributed by atoms with Crippen LogP contribution >= 0.6 is 0 Å². The Hall–Kier alpha value is -0.780. The van der Waals surface area contributed by atoms with Crippen LogP contribution in [-0.4, -0.2) is 0 Å². The molecule has 0 aliphatic carbocycles. The van der Waals surface area contributed by atoms with Crippen LogP contribution in [0.4, 0.5) is 0 Å². The molecule has 1 aromatic rings. The van der Waals surface area contributed by atoms with E-state index in [0.717, 1.165) is 5.56 Å². The number of hydrogen-bond acceptors (Lipinski definition) is 0. The lowest BCUT2D eigenvalue weighted by Gasteiger charge is -2.18. The highest BCUT2D eigenvalue weighted by atomic mass is 14.2. The molecule has 0 spiro atoms. The summed E-state index contributed by atoms with van der Waals surface area (Å²) in [6.07, 6.45) is 0. The summed E-state index contributed by atoms with van der Waals surface area (Å²) in [4.78, 5) is 0. The Labute approximate surface area is 77.7 Å². The fraction of sp³-hybridized carbons (Fsp3) is 0.455. The molecule has 60 valence electrons. The van der Waals surface area contributed by atoms with E-state index in [-0.39, 0.29) is 0 Å². The fourth-order valence-corrected chi connectivity index (χ4v) is 0.887. The van der Waals surface area contributed by atoms with Gasteiger partial charge in [0, 0.05) is 8.22 Å². The normalized spacial score (nSPS) is 22.0. The first kappa shape index (κ1) is 3.30. The third-order valence-electron chi connectivity index (χ3n) is 1.63. The molecule has 1 rings (SSSR count). The number of benzene rings is 1. The third kappa shape index (κ3) is 2.07. The minimum atomic E-state index is -2.58. The Balaban J connectivity index is 3.41. The summed E-state index contributed by atoms with van der Waals surface area (Å²) in [6, 6.07) is 6.61. The standard InChI is InChI=1S/C11H16/c1-9-5-7-10(8-6-9)11(2,3)4/h5-8H,1-4H3/i2D3,3D3. The first-order chi connectivity index (χ1) is 7.50. The largest absolute Gasteiger partial charge is 0.0590 e. The van der Waals surface area contributed by atoms with E-state index in [1.165, 1.54) is 6.92 Å². The van der Waals surface area contributed by atoms with Gasteiger partial charge in [-0.25, -0.2) is 0 Å². The van der Waals surface area contributed by atoms with Crippen molar-refractivity contribution in [3.8, 4) is 0 Å². The highest BCUT2D eigenvalue weighted by Gasteiger charge is 2.11. The van der Waals surface area contributed by atoms with Crippen LogP contribution < -0.4 is 0 Å². The van der Waals surface area contributed by atoms with E-state index in [4.69, 9.17) is 8.22 Å². The maximum absolute atomic E-state index is 7.51. The van der Waals surface area contributed by atoms with Crippen LogP contribution in [0.5, 0.6) is 0 Å². The minimum absolute atomic E-state index is 0.322. The van der Waals surface area contributed by atoms with Crippen LogP contribution in [0.15, 0.2) is 24.3 Å². The van der Waals surface area contributed by atoms with E-state index in [1.807, 2.05) is 6.92 Å². The van der Waals surface area contributed by atoms with Crippen LogP contribution in [-0.2, 0) is 5.41 Å². The lowest BCUT2D eigenvalue weighted by Crippen LogP contribution is -2.10. The molecule has 0 radical (unpaired) electrons. The molecule has 0 heterocycles. The van der Waals surface area contributed by atoms with Gasteiger partial charge >= 0.3 is 0 Å². The smallest absolute Gasteiger partial charge is 0.0239 e. The number of aryl methyl sites for hydroxylation is 1. The zero-order valence-corrected chi connectivity index (χ0v) is 6.81. The molecule has 0 aliphatic rings. The summed E-state index contributed by atoms with van der Waals surface area (Å²) < 4.78 is 45.0. The van der Waals surface area contributed by atoms with Gasteiger partial charge in [0.15, 0.2) is 0 Å². The molecule has 0 saturated heterocycles. The van der Waals surface area contributed by atoms with Gasteiger partial charge in [0.2, 0.25) is 0 Å². The molecule has 0 bridgehead atoms. The Morgan fingerprint density at radius 1 is 1.18 bits per heavy atom. The summed E-state index contributed by atoms with van der Waals surface area (Å²) in [5, 5.41) is 0. The zero-order chi connectivity index (χ0) is 13.5. The molecule has 0 aliphatic heterocycles. The average molecular weight is 154 g/mol. The van der Waals surface area contributed by atoms with E-state index >= 15 is 0 Å². The molecule has 0 atom stereocenters. The second-order valence-corrected chi connectivity index (χ2v) is 2.99. The van der Waals surface area contributed by atoms with Crippen LogP contribution in [0.1, 0.15) is 40.0 Å². The Morgan fingerprint density at radius 3 is 2.18 bits per heavy atom. The average Bonchev–Trinajstić information content (AvgIpc) is 2.14. The van der Waals surface area contributed by atoms with Crippen molar-refractivity contribution in [2.24, 2.45) is 0 Å². The molecule has 0 nitrogen and oxygen atoms in total. The summed E-state index contributed by atoms with van der Waals surface area (Å²) in [5.74, 6) is 0. The van der Waals surface area contributed by atoms with Crippen molar-refractivity contribution in [3.63, 3.8) is 0 Å². The number of hydrogen-bond donors (Lipinski definition) is 0. The Bertz CT molecular complexity index is 370. The second kappa shape index (κ2) is 2.69. The molecule has 0 amide bonds. The van der Waals surface area contributed by atoms with E-state index in [1.54, 1.807) is 24.3 Å². The minimum Gasteiger partial charge on any atom is -0.0590 e. The van der Waals surface area contributed by atoms with Gasteiger partial charge in [-0.15, -0.1) is 0 Å². The quantitative estimate of drug-likeness (QED) is 0.538. The van der Waals surface area contributed by atoms with Gasteiger partial charge in [-0.3, -0.25) is 0 Å². The van der Waals surface area contributed by atoms with E-state index in [9.17, 15) is 0 Å². The molecule has 0 saturated carbocycles. The molecule has 0 fully saturated rings. The van der Waals surface area contributed by atoms with Crippen molar-refractivity contribution in [3.05, 3.63) is 35.4 Å². The lowest BCUT2D eigenvalue weighted by molar-refractivity contribution is 0.590. The first-order valence-electron chi connectivity index (χ1n) is 6.57. The molecular formula is C11H16. The Kier molecular flexibility index (Phi) is 0.807. The summed E-state index contributed by atoms with van der Waals surface area (Å²) in [5.41, 5.74) is -0.552. The second-order valence-electron chi connectivity index (χ2n) is 2.99. The maximum atomic E-state index is 7.51. The van der Waals surface area contributed by atoms with Crippen LogP contribution in [0.3, 0.4) is 0 Å². The van der Waals surface area contributed by atoms with E-state index in [2.05, 4.69) is 0 Å².